The minimum absolute atomic E-state index is 0.000908. The molecule has 1 fully saturated rings. The molecule has 2 atom stereocenters. The van der Waals surface area contributed by atoms with Gasteiger partial charge in [-0.3, -0.25) is 29.5 Å². The van der Waals surface area contributed by atoms with Gasteiger partial charge in [-0.05, 0) is 37.6 Å². The number of rotatable bonds is 4. The van der Waals surface area contributed by atoms with E-state index in [-0.39, 0.29) is 41.8 Å². The van der Waals surface area contributed by atoms with E-state index in [9.17, 15) is 23.6 Å². The fourth-order valence-electron chi connectivity index (χ4n) is 3.84. The number of halogens is 2. The second-order valence-electron chi connectivity index (χ2n) is 7.42. The zero-order valence-electron chi connectivity index (χ0n) is 16.4. The zero-order valence-corrected chi connectivity index (χ0v) is 16.4. The van der Waals surface area contributed by atoms with E-state index in [0.29, 0.717) is 0 Å². The molecule has 2 aliphatic rings. The third kappa shape index (κ3) is 3.65. The number of pyridine rings is 1. The van der Waals surface area contributed by atoms with E-state index in [2.05, 4.69) is 15.6 Å². The lowest BCUT2D eigenvalue weighted by atomic mass is 10.0. The first kappa shape index (κ1) is 20.6. The lowest BCUT2D eigenvalue weighted by molar-refractivity contribution is -0.136. The van der Waals surface area contributed by atoms with Crippen LogP contribution in [0.1, 0.15) is 57.8 Å². The molecule has 1 saturated heterocycles. The van der Waals surface area contributed by atoms with Gasteiger partial charge in [0.15, 0.2) is 0 Å². The summed E-state index contributed by atoms with van der Waals surface area (Å²) in [6.45, 7) is 1.32. The summed E-state index contributed by atoms with van der Waals surface area (Å²) in [4.78, 5) is 53.9. The molecule has 4 amide bonds. The van der Waals surface area contributed by atoms with E-state index in [4.69, 9.17) is 0 Å². The predicted molar refractivity (Wildman–Crippen MR) is 103 cm³/mol. The Kier molecular flexibility index (Phi) is 5.22. The first-order valence-electron chi connectivity index (χ1n) is 9.65. The van der Waals surface area contributed by atoms with Crippen molar-refractivity contribution in [1.29, 1.82) is 0 Å². The van der Waals surface area contributed by atoms with Gasteiger partial charge in [0.1, 0.15) is 17.7 Å². The van der Waals surface area contributed by atoms with Gasteiger partial charge in [-0.1, -0.05) is 0 Å². The maximum atomic E-state index is 15.1. The second-order valence-corrected chi connectivity index (χ2v) is 7.42. The molecule has 1 aromatic carbocycles. The summed E-state index contributed by atoms with van der Waals surface area (Å²) in [6, 6.07) is 3.42. The number of nitrogens with one attached hydrogen (secondary N) is 2. The van der Waals surface area contributed by atoms with Gasteiger partial charge in [-0.2, -0.15) is 0 Å². The molecule has 0 radical (unpaired) electrons. The number of amides is 4. The van der Waals surface area contributed by atoms with Gasteiger partial charge in [0.05, 0.1) is 23.8 Å². The van der Waals surface area contributed by atoms with Crippen molar-refractivity contribution >= 4 is 23.6 Å². The lowest BCUT2D eigenvalue weighted by Gasteiger charge is -2.29. The van der Waals surface area contributed by atoms with E-state index in [1.165, 1.54) is 42.3 Å². The van der Waals surface area contributed by atoms with Crippen LogP contribution in [-0.4, -0.2) is 39.6 Å². The van der Waals surface area contributed by atoms with Crippen LogP contribution in [0.15, 0.2) is 30.5 Å². The highest BCUT2D eigenvalue weighted by Gasteiger charge is 2.40. The topological polar surface area (TPSA) is 108 Å². The number of nitrogens with zero attached hydrogens (tertiary/aromatic N) is 2. The Hall–Kier alpha value is -3.69. The summed E-state index contributed by atoms with van der Waals surface area (Å²) >= 11 is 0. The summed E-state index contributed by atoms with van der Waals surface area (Å²) in [5, 5.41) is 4.67. The SMILES string of the molecule is C[C@H](NC(=O)c1ccc2c(c1F)CN(C1CCC(=O)NC1=O)C2=O)c1ncccc1F. The number of fused-ring (bicyclic) bond motifs is 1. The van der Waals surface area contributed by atoms with Crippen molar-refractivity contribution in [1.82, 2.24) is 20.5 Å². The zero-order chi connectivity index (χ0) is 22.3. The Labute approximate surface area is 175 Å². The molecule has 160 valence electrons. The Morgan fingerprint density at radius 2 is 2.03 bits per heavy atom. The smallest absolute Gasteiger partial charge is 0.255 e. The number of aromatic nitrogens is 1. The van der Waals surface area contributed by atoms with Crippen LogP contribution in [0.3, 0.4) is 0 Å². The van der Waals surface area contributed by atoms with Gasteiger partial charge in [0, 0.05) is 23.7 Å². The van der Waals surface area contributed by atoms with E-state index in [0.717, 1.165) is 0 Å². The number of carbonyl (C=O) groups excluding carboxylic acids is 4. The average Bonchev–Trinajstić information content (AvgIpc) is 3.06. The molecule has 0 aliphatic carbocycles. The van der Waals surface area contributed by atoms with Crippen molar-refractivity contribution in [3.05, 3.63) is 64.5 Å². The van der Waals surface area contributed by atoms with Crippen molar-refractivity contribution in [3.63, 3.8) is 0 Å². The van der Waals surface area contributed by atoms with Gasteiger partial charge in [-0.25, -0.2) is 8.78 Å². The number of carbonyl (C=O) groups is 4. The molecular formula is C21H18F2N4O4. The molecule has 0 spiro atoms. The van der Waals surface area contributed by atoms with Crippen LogP contribution < -0.4 is 10.6 Å². The normalized spacial score (nSPS) is 19.1. The quantitative estimate of drug-likeness (QED) is 0.720. The van der Waals surface area contributed by atoms with Crippen molar-refractivity contribution in [2.75, 3.05) is 0 Å². The first-order valence-corrected chi connectivity index (χ1v) is 9.65. The standard InChI is InChI=1S/C21H18F2N4O4/c1-10(18-14(22)3-2-8-24-18)25-19(29)12-5-4-11-13(17(12)23)9-27(21(11)31)15-6-7-16(28)26-20(15)30/h2-5,8,10,15H,6-7,9H2,1H3,(H,25,29)(H,26,28,30)/t10-,15?/m0/s1. The largest absolute Gasteiger partial charge is 0.344 e. The van der Waals surface area contributed by atoms with Gasteiger partial charge < -0.3 is 10.2 Å². The number of hydrogen-bond acceptors (Lipinski definition) is 5. The molecular weight excluding hydrogens is 410 g/mol. The third-order valence-corrected chi connectivity index (χ3v) is 5.44. The molecule has 31 heavy (non-hydrogen) atoms. The van der Waals surface area contributed by atoms with Crippen LogP contribution in [0.5, 0.6) is 0 Å². The van der Waals surface area contributed by atoms with Crippen molar-refractivity contribution in [3.8, 4) is 0 Å². The van der Waals surface area contributed by atoms with Gasteiger partial charge in [0.25, 0.3) is 11.8 Å². The van der Waals surface area contributed by atoms with Crippen LogP contribution >= 0.6 is 0 Å². The summed E-state index contributed by atoms with van der Waals surface area (Å²) in [7, 11) is 0. The minimum Gasteiger partial charge on any atom is -0.344 e. The first-order chi connectivity index (χ1) is 14.8. The Balaban J connectivity index is 1.55. The maximum Gasteiger partial charge on any atom is 0.255 e. The Bertz CT molecular complexity index is 1120. The Morgan fingerprint density at radius 3 is 2.74 bits per heavy atom. The molecule has 3 heterocycles. The predicted octanol–water partition coefficient (Wildman–Crippen LogP) is 1.61. The second kappa shape index (κ2) is 7.86. The van der Waals surface area contributed by atoms with Crippen molar-refractivity contribution in [2.45, 2.75) is 38.4 Å². The highest BCUT2D eigenvalue weighted by Crippen LogP contribution is 2.31. The molecule has 1 aromatic heterocycles. The van der Waals surface area contributed by atoms with Gasteiger partial charge in [-0.15, -0.1) is 0 Å². The monoisotopic (exact) mass is 428 g/mol. The minimum atomic E-state index is -0.888. The van der Waals surface area contributed by atoms with E-state index < -0.39 is 47.3 Å². The molecule has 0 bridgehead atoms. The third-order valence-electron chi connectivity index (χ3n) is 5.44. The van der Waals surface area contributed by atoms with Gasteiger partial charge >= 0.3 is 0 Å². The number of hydrogen-bond donors (Lipinski definition) is 2. The van der Waals surface area contributed by atoms with E-state index >= 15 is 4.39 Å². The average molecular weight is 428 g/mol. The summed E-state index contributed by atoms with van der Waals surface area (Å²) in [5.74, 6) is -3.85. The van der Waals surface area contributed by atoms with Crippen LogP contribution in [0.2, 0.25) is 0 Å². The molecule has 10 heteroatoms. The fourth-order valence-corrected chi connectivity index (χ4v) is 3.84. The van der Waals surface area contributed by atoms with Crippen LogP contribution in [0.25, 0.3) is 0 Å². The molecule has 2 N–H and O–H groups in total. The molecule has 8 nitrogen and oxygen atoms in total. The molecule has 0 saturated carbocycles. The Morgan fingerprint density at radius 1 is 1.26 bits per heavy atom. The van der Waals surface area contributed by atoms with Crippen LogP contribution in [0, 0.1) is 11.6 Å². The number of benzene rings is 1. The highest BCUT2D eigenvalue weighted by molar-refractivity contribution is 6.06. The molecule has 2 aromatic rings. The summed E-state index contributed by atoms with van der Waals surface area (Å²) < 4.78 is 29.0. The number of piperidine rings is 1. The van der Waals surface area contributed by atoms with E-state index in [1.807, 2.05) is 0 Å². The molecule has 1 unspecified atom stereocenters. The van der Waals surface area contributed by atoms with Gasteiger partial charge in [0.2, 0.25) is 11.8 Å². The number of imide groups is 1. The summed E-state index contributed by atoms with van der Waals surface area (Å²) in [5.41, 5.74) is -0.238. The lowest BCUT2D eigenvalue weighted by Crippen LogP contribution is -2.52. The van der Waals surface area contributed by atoms with Crippen LogP contribution in [-0.2, 0) is 16.1 Å². The fraction of sp³-hybridized carbons (Fsp3) is 0.286. The molecule has 2 aliphatic heterocycles. The van der Waals surface area contributed by atoms with Crippen molar-refractivity contribution in [2.24, 2.45) is 0 Å². The summed E-state index contributed by atoms with van der Waals surface area (Å²) in [6.07, 6.45) is 1.60. The molecule has 4 rings (SSSR count). The maximum absolute atomic E-state index is 15.1. The van der Waals surface area contributed by atoms with E-state index in [1.54, 1.807) is 0 Å². The van der Waals surface area contributed by atoms with Crippen LogP contribution in [0.4, 0.5) is 8.78 Å². The highest BCUT2D eigenvalue weighted by atomic mass is 19.1. The van der Waals surface area contributed by atoms with Crippen molar-refractivity contribution < 1.29 is 28.0 Å².